The molecule has 8 heavy (non-hydrogen) atoms. The fraction of sp³-hybridized carbons (Fsp3) is 0.857. The van der Waals surface area contributed by atoms with Crippen molar-refractivity contribution in [1.29, 1.82) is 0 Å². The Balaban J connectivity index is 2.57. The molecule has 0 bridgehead atoms. The molecule has 1 nitrogen and oxygen atoms in total. The van der Waals surface area contributed by atoms with Crippen molar-refractivity contribution in [2.24, 2.45) is 0 Å². The van der Waals surface area contributed by atoms with E-state index in [1.165, 1.54) is 12.8 Å². The van der Waals surface area contributed by atoms with E-state index in [1.54, 1.807) is 0 Å². The molecule has 0 aromatic rings. The number of rotatable bonds is 0. The van der Waals surface area contributed by atoms with Gasteiger partial charge in [-0.2, -0.15) is 0 Å². The molecule has 0 N–H and O–H groups in total. The van der Waals surface area contributed by atoms with E-state index in [9.17, 15) is 0 Å². The highest BCUT2D eigenvalue weighted by atomic mass is 15.1. The molecule has 1 saturated heterocycles. The molecule has 2 unspecified atom stereocenters. The van der Waals surface area contributed by atoms with Crippen LogP contribution in [0.3, 0.4) is 0 Å². The molecule has 0 aliphatic carbocycles. The fourth-order valence-electron chi connectivity index (χ4n) is 1.25. The van der Waals surface area contributed by atoms with Crippen molar-refractivity contribution in [3.63, 3.8) is 0 Å². The molecular formula is C7H14N+. The number of nitrogens with zero attached hydrogens (tertiary/aromatic N) is 1. The fourth-order valence-corrected chi connectivity index (χ4v) is 1.25. The third-order valence-electron chi connectivity index (χ3n) is 2.13. The lowest BCUT2D eigenvalue weighted by Crippen LogP contribution is -2.19. The summed E-state index contributed by atoms with van der Waals surface area (Å²) in [4.78, 5) is 0. The van der Waals surface area contributed by atoms with Gasteiger partial charge in [-0.15, -0.1) is 0 Å². The average Bonchev–Trinajstić information content (AvgIpc) is 1.98. The average molecular weight is 112 g/mol. The van der Waals surface area contributed by atoms with Crippen LogP contribution >= 0.6 is 0 Å². The van der Waals surface area contributed by atoms with Gasteiger partial charge < -0.3 is 0 Å². The lowest BCUT2D eigenvalue weighted by Gasteiger charge is -2.00. The molecule has 0 amide bonds. The maximum absolute atomic E-state index is 3.93. The van der Waals surface area contributed by atoms with Gasteiger partial charge in [0.25, 0.3) is 0 Å². The summed E-state index contributed by atoms with van der Waals surface area (Å²) in [6.07, 6.45) is 2.65. The first-order valence-corrected chi connectivity index (χ1v) is 3.30. The number of hydrogen-bond donors (Lipinski definition) is 0. The Morgan fingerprint density at radius 1 is 1.25 bits per heavy atom. The zero-order valence-corrected chi connectivity index (χ0v) is 5.72. The van der Waals surface area contributed by atoms with Gasteiger partial charge in [0.1, 0.15) is 18.8 Å². The van der Waals surface area contributed by atoms with Crippen LogP contribution in [0.15, 0.2) is 0 Å². The molecule has 1 fully saturated rings. The molecule has 2 atom stereocenters. The molecule has 1 aliphatic heterocycles. The Kier molecular flexibility index (Phi) is 1.37. The van der Waals surface area contributed by atoms with Crippen LogP contribution in [0, 0.1) is 0 Å². The topological polar surface area (TPSA) is 3.01 Å². The second kappa shape index (κ2) is 1.88. The molecule has 46 valence electrons. The first kappa shape index (κ1) is 5.80. The normalized spacial score (nSPS) is 38.5. The van der Waals surface area contributed by atoms with E-state index in [1.807, 2.05) is 0 Å². The maximum Gasteiger partial charge on any atom is 0.149 e. The van der Waals surface area contributed by atoms with Crippen molar-refractivity contribution in [3.05, 3.63) is 0 Å². The number of hydrogen-bond acceptors (Lipinski definition) is 0. The van der Waals surface area contributed by atoms with E-state index in [-0.39, 0.29) is 0 Å². The summed E-state index contributed by atoms with van der Waals surface area (Å²) in [7, 11) is 0. The summed E-state index contributed by atoms with van der Waals surface area (Å²) < 4.78 is 2.19. The highest BCUT2D eigenvalue weighted by Gasteiger charge is 2.27. The first-order chi connectivity index (χ1) is 3.72. The van der Waals surface area contributed by atoms with Crippen molar-refractivity contribution < 1.29 is 4.58 Å². The summed E-state index contributed by atoms with van der Waals surface area (Å²) >= 11 is 0. The molecule has 0 radical (unpaired) electrons. The zero-order chi connectivity index (χ0) is 6.15. The van der Waals surface area contributed by atoms with E-state index in [4.69, 9.17) is 0 Å². The molecule has 1 rings (SSSR count). The summed E-state index contributed by atoms with van der Waals surface area (Å²) in [5.74, 6) is 0. The Bertz CT molecular complexity index is 95.0. The van der Waals surface area contributed by atoms with Crippen molar-refractivity contribution in [2.45, 2.75) is 38.8 Å². The molecule has 1 heteroatoms. The summed E-state index contributed by atoms with van der Waals surface area (Å²) in [5.41, 5.74) is 0. The Hall–Kier alpha value is -0.330. The minimum atomic E-state index is 0.713. The van der Waals surface area contributed by atoms with Crippen LogP contribution in [-0.4, -0.2) is 23.4 Å². The minimum Gasteiger partial charge on any atom is -0.238 e. The molecular weight excluding hydrogens is 98.1 g/mol. The predicted molar refractivity (Wildman–Crippen MR) is 35.5 cm³/mol. The Morgan fingerprint density at radius 3 is 1.75 bits per heavy atom. The Morgan fingerprint density at radius 2 is 1.62 bits per heavy atom. The third kappa shape index (κ3) is 0.770. The molecule has 1 heterocycles. The standard InChI is InChI=1S/C7H14N/c1-6-4-5-7(2)8(6)3/h6-7H,3-5H2,1-2H3/q+1. The van der Waals surface area contributed by atoms with E-state index >= 15 is 0 Å². The Labute approximate surface area is 51.0 Å². The van der Waals surface area contributed by atoms with Crippen LogP contribution in [0.2, 0.25) is 0 Å². The van der Waals surface area contributed by atoms with Gasteiger partial charge in [-0.25, -0.2) is 4.58 Å². The molecule has 1 aliphatic rings. The quantitative estimate of drug-likeness (QED) is 0.415. The lowest BCUT2D eigenvalue weighted by molar-refractivity contribution is -0.563. The van der Waals surface area contributed by atoms with Gasteiger partial charge in [0, 0.05) is 12.8 Å². The van der Waals surface area contributed by atoms with Crippen LogP contribution in [0.25, 0.3) is 0 Å². The van der Waals surface area contributed by atoms with Crippen LogP contribution in [0.4, 0.5) is 0 Å². The summed E-state index contributed by atoms with van der Waals surface area (Å²) in [6.45, 7) is 8.40. The predicted octanol–water partition coefficient (Wildman–Crippen LogP) is 1.27. The lowest BCUT2D eigenvalue weighted by atomic mass is 10.2. The van der Waals surface area contributed by atoms with E-state index in [0.29, 0.717) is 12.1 Å². The van der Waals surface area contributed by atoms with Crippen molar-refractivity contribution in [3.8, 4) is 0 Å². The van der Waals surface area contributed by atoms with Gasteiger partial charge in [0.2, 0.25) is 0 Å². The second-order valence-corrected chi connectivity index (χ2v) is 2.79. The first-order valence-electron chi connectivity index (χ1n) is 3.30. The van der Waals surface area contributed by atoms with E-state index < -0.39 is 0 Å². The molecule has 0 aromatic carbocycles. The minimum absolute atomic E-state index is 0.713. The molecule has 0 spiro atoms. The highest BCUT2D eigenvalue weighted by molar-refractivity contribution is 5.15. The van der Waals surface area contributed by atoms with Gasteiger partial charge in [-0.3, -0.25) is 0 Å². The van der Waals surface area contributed by atoms with Gasteiger partial charge in [0.15, 0.2) is 0 Å². The van der Waals surface area contributed by atoms with Crippen LogP contribution in [-0.2, 0) is 0 Å². The SMILES string of the molecule is C=[N+]1C(C)CCC1C. The zero-order valence-electron chi connectivity index (χ0n) is 5.72. The van der Waals surface area contributed by atoms with Crippen LogP contribution < -0.4 is 0 Å². The van der Waals surface area contributed by atoms with Gasteiger partial charge in [0.05, 0.1) is 0 Å². The smallest absolute Gasteiger partial charge is 0.149 e. The van der Waals surface area contributed by atoms with Gasteiger partial charge >= 0.3 is 0 Å². The monoisotopic (exact) mass is 112 g/mol. The molecule has 0 saturated carbocycles. The van der Waals surface area contributed by atoms with Gasteiger partial charge in [-0.1, -0.05) is 0 Å². The third-order valence-corrected chi connectivity index (χ3v) is 2.13. The van der Waals surface area contributed by atoms with Crippen molar-refractivity contribution in [1.82, 2.24) is 0 Å². The van der Waals surface area contributed by atoms with E-state index in [0.717, 1.165) is 0 Å². The largest absolute Gasteiger partial charge is 0.238 e. The van der Waals surface area contributed by atoms with Crippen LogP contribution in [0.1, 0.15) is 26.7 Å². The maximum atomic E-state index is 3.93. The molecule has 0 aromatic heterocycles. The van der Waals surface area contributed by atoms with Crippen molar-refractivity contribution in [2.75, 3.05) is 0 Å². The van der Waals surface area contributed by atoms with Crippen LogP contribution in [0.5, 0.6) is 0 Å². The summed E-state index contributed by atoms with van der Waals surface area (Å²) in [6, 6.07) is 1.43. The highest BCUT2D eigenvalue weighted by Crippen LogP contribution is 2.16. The van der Waals surface area contributed by atoms with Gasteiger partial charge in [-0.05, 0) is 13.8 Å². The van der Waals surface area contributed by atoms with E-state index in [2.05, 4.69) is 25.1 Å². The second-order valence-electron chi connectivity index (χ2n) is 2.79. The van der Waals surface area contributed by atoms with Crippen molar-refractivity contribution >= 4 is 6.72 Å². The summed E-state index contributed by atoms with van der Waals surface area (Å²) in [5, 5.41) is 0.